The molecule has 3 nitrogen and oxygen atoms in total. The summed E-state index contributed by atoms with van der Waals surface area (Å²) in [5.74, 6) is -2.02. The van der Waals surface area contributed by atoms with Gasteiger partial charge in [-0.2, -0.15) is 10.5 Å². The minimum Gasteiger partial charge on any atom is -0.293 e. The standard InChI is InChI=1S/C16H11FN2OS/c17-13-5-3-11(4-6-13)14(12(9-18)10-19)8-15(20)16-2-1-7-21-16/h1-7,12,14H,8H2. The quantitative estimate of drug-likeness (QED) is 0.786. The molecule has 5 heteroatoms. The van der Waals surface area contributed by atoms with Crippen molar-refractivity contribution in [1.82, 2.24) is 0 Å². The fourth-order valence-electron chi connectivity index (χ4n) is 2.08. The van der Waals surface area contributed by atoms with Crippen molar-refractivity contribution in [3.63, 3.8) is 0 Å². The fraction of sp³-hybridized carbons (Fsp3) is 0.188. The number of nitrogens with zero attached hydrogens (tertiary/aromatic N) is 2. The lowest BCUT2D eigenvalue weighted by Crippen LogP contribution is -2.14. The average Bonchev–Trinajstić information content (AvgIpc) is 3.02. The second kappa shape index (κ2) is 6.78. The van der Waals surface area contributed by atoms with Crippen molar-refractivity contribution in [3.05, 3.63) is 58.0 Å². The summed E-state index contributed by atoms with van der Waals surface area (Å²) in [7, 11) is 0. The second-order valence-electron chi connectivity index (χ2n) is 4.50. The molecule has 0 amide bonds. The number of rotatable bonds is 5. The molecule has 1 unspecified atom stereocenters. The molecule has 0 aliphatic rings. The number of carbonyl (C=O) groups is 1. The highest BCUT2D eigenvalue weighted by molar-refractivity contribution is 7.12. The van der Waals surface area contributed by atoms with Crippen LogP contribution in [0.5, 0.6) is 0 Å². The number of hydrogen-bond donors (Lipinski definition) is 0. The number of benzene rings is 1. The third-order valence-electron chi connectivity index (χ3n) is 3.18. The Balaban J connectivity index is 2.29. The van der Waals surface area contributed by atoms with E-state index in [1.165, 1.54) is 35.6 Å². The summed E-state index contributed by atoms with van der Waals surface area (Å²) in [5.41, 5.74) is 0.620. The molecule has 1 atom stereocenters. The topological polar surface area (TPSA) is 64.7 Å². The van der Waals surface area contributed by atoms with Gasteiger partial charge in [-0.25, -0.2) is 4.39 Å². The minimum absolute atomic E-state index is 0.0535. The number of hydrogen-bond acceptors (Lipinski definition) is 4. The van der Waals surface area contributed by atoms with E-state index in [1.54, 1.807) is 17.5 Å². The highest BCUT2D eigenvalue weighted by Gasteiger charge is 2.26. The lowest BCUT2D eigenvalue weighted by Gasteiger charge is -2.16. The Bertz CT molecular complexity index is 681. The Hall–Kier alpha value is -2.50. The van der Waals surface area contributed by atoms with Gasteiger partial charge in [-0.05, 0) is 29.1 Å². The van der Waals surface area contributed by atoms with E-state index in [1.807, 2.05) is 12.1 Å². The summed E-state index contributed by atoms with van der Waals surface area (Å²) in [6.45, 7) is 0. The molecule has 2 rings (SSSR count). The van der Waals surface area contributed by atoms with Crippen molar-refractivity contribution in [2.45, 2.75) is 12.3 Å². The first-order chi connectivity index (χ1) is 10.2. The van der Waals surface area contributed by atoms with Gasteiger partial charge < -0.3 is 0 Å². The molecular formula is C16H11FN2OS. The van der Waals surface area contributed by atoms with Crippen LogP contribution in [0.15, 0.2) is 41.8 Å². The van der Waals surface area contributed by atoms with E-state index >= 15 is 0 Å². The minimum atomic E-state index is -0.945. The molecule has 0 radical (unpaired) electrons. The Morgan fingerprint density at radius 1 is 1.19 bits per heavy atom. The van der Waals surface area contributed by atoms with Crippen LogP contribution in [0, 0.1) is 34.4 Å². The SMILES string of the molecule is N#CC(C#N)C(CC(=O)c1cccs1)c1ccc(F)cc1. The molecule has 21 heavy (non-hydrogen) atoms. The molecule has 0 N–H and O–H groups in total. The summed E-state index contributed by atoms with van der Waals surface area (Å²) in [6, 6.07) is 12.9. The summed E-state index contributed by atoms with van der Waals surface area (Å²) in [5, 5.41) is 20.0. The predicted octanol–water partition coefficient (Wildman–Crippen LogP) is 3.91. The van der Waals surface area contributed by atoms with Crippen molar-refractivity contribution in [2.75, 3.05) is 0 Å². The van der Waals surface area contributed by atoms with E-state index in [2.05, 4.69) is 0 Å². The van der Waals surface area contributed by atoms with E-state index in [4.69, 9.17) is 10.5 Å². The maximum atomic E-state index is 13.0. The molecule has 0 aliphatic heterocycles. The zero-order valence-electron chi connectivity index (χ0n) is 11.0. The first-order valence-corrected chi connectivity index (χ1v) is 7.15. The third kappa shape index (κ3) is 3.53. The van der Waals surface area contributed by atoms with Crippen LogP contribution in [0.4, 0.5) is 4.39 Å². The molecule has 0 bridgehead atoms. The molecule has 0 spiro atoms. The van der Waals surface area contributed by atoms with E-state index in [9.17, 15) is 9.18 Å². The molecule has 1 heterocycles. The van der Waals surface area contributed by atoms with Gasteiger partial charge in [0.1, 0.15) is 11.7 Å². The van der Waals surface area contributed by atoms with Gasteiger partial charge in [-0.3, -0.25) is 4.79 Å². The van der Waals surface area contributed by atoms with Crippen LogP contribution in [0.25, 0.3) is 0 Å². The van der Waals surface area contributed by atoms with Crippen LogP contribution >= 0.6 is 11.3 Å². The number of halogens is 1. The zero-order chi connectivity index (χ0) is 15.2. The Morgan fingerprint density at radius 3 is 2.38 bits per heavy atom. The van der Waals surface area contributed by atoms with Gasteiger partial charge in [-0.1, -0.05) is 18.2 Å². The summed E-state index contributed by atoms with van der Waals surface area (Å²) in [6.07, 6.45) is 0.0535. The van der Waals surface area contributed by atoms with Crippen LogP contribution in [-0.4, -0.2) is 5.78 Å². The average molecular weight is 298 g/mol. The zero-order valence-corrected chi connectivity index (χ0v) is 11.8. The van der Waals surface area contributed by atoms with Crippen LogP contribution in [-0.2, 0) is 0 Å². The second-order valence-corrected chi connectivity index (χ2v) is 5.45. The highest BCUT2D eigenvalue weighted by Crippen LogP contribution is 2.30. The molecular weight excluding hydrogens is 287 g/mol. The van der Waals surface area contributed by atoms with Gasteiger partial charge in [0.05, 0.1) is 17.0 Å². The monoisotopic (exact) mass is 298 g/mol. The van der Waals surface area contributed by atoms with E-state index in [0.29, 0.717) is 10.4 Å². The van der Waals surface area contributed by atoms with Crippen molar-refractivity contribution in [1.29, 1.82) is 10.5 Å². The Morgan fingerprint density at radius 2 is 1.86 bits per heavy atom. The van der Waals surface area contributed by atoms with Gasteiger partial charge in [0.2, 0.25) is 0 Å². The van der Waals surface area contributed by atoms with Crippen molar-refractivity contribution in [3.8, 4) is 12.1 Å². The summed E-state index contributed by atoms with van der Waals surface area (Å²) in [4.78, 5) is 12.8. The molecule has 2 aromatic rings. The highest BCUT2D eigenvalue weighted by atomic mass is 32.1. The smallest absolute Gasteiger partial charge is 0.173 e. The molecule has 0 saturated heterocycles. The molecule has 0 aliphatic carbocycles. The fourth-order valence-corrected chi connectivity index (χ4v) is 2.76. The molecule has 1 aromatic heterocycles. The predicted molar refractivity (Wildman–Crippen MR) is 77.1 cm³/mol. The molecule has 104 valence electrons. The van der Waals surface area contributed by atoms with Gasteiger partial charge in [-0.15, -0.1) is 11.3 Å². The number of ketones is 1. The van der Waals surface area contributed by atoms with E-state index in [0.717, 1.165) is 0 Å². The van der Waals surface area contributed by atoms with Crippen LogP contribution in [0.2, 0.25) is 0 Å². The van der Waals surface area contributed by atoms with Crippen LogP contribution in [0.3, 0.4) is 0 Å². The van der Waals surface area contributed by atoms with Crippen molar-refractivity contribution >= 4 is 17.1 Å². The van der Waals surface area contributed by atoms with Crippen LogP contribution in [0.1, 0.15) is 27.6 Å². The molecule has 0 fully saturated rings. The van der Waals surface area contributed by atoms with Gasteiger partial charge in [0, 0.05) is 12.3 Å². The number of thiophene rings is 1. The van der Waals surface area contributed by atoms with Gasteiger partial charge >= 0.3 is 0 Å². The van der Waals surface area contributed by atoms with Crippen LogP contribution < -0.4 is 0 Å². The number of carbonyl (C=O) groups excluding carboxylic acids is 1. The number of nitriles is 2. The lowest BCUT2D eigenvalue weighted by molar-refractivity contribution is 0.0975. The van der Waals surface area contributed by atoms with Crippen molar-refractivity contribution < 1.29 is 9.18 Å². The Labute approximate surface area is 125 Å². The lowest BCUT2D eigenvalue weighted by atomic mass is 9.83. The van der Waals surface area contributed by atoms with Gasteiger partial charge in [0.25, 0.3) is 0 Å². The van der Waals surface area contributed by atoms with Crippen molar-refractivity contribution in [2.24, 2.45) is 5.92 Å². The summed E-state index contributed by atoms with van der Waals surface area (Å²) >= 11 is 1.32. The Kier molecular flexibility index (Phi) is 4.81. The normalized spacial score (nSPS) is 11.6. The summed E-state index contributed by atoms with van der Waals surface area (Å²) < 4.78 is 13.0. The maximum Gasteiger partial charge on any atom is 0.173 e. The first kappa shape index (κ1) is 14.9. The molecule has 0 saturated carbocycles. The van der Waals surface area contributed by atoms with Gasteiger partial charge in [0.15, 0.2) is 5.78 Å². The third-order valence-corrected chi connectivity index (χ3v) is 4.09. The first-order valence-electron chi connectivity index (χ1n) is 6.27. The maximum absolute atomic E-state index is 13.0. The van der Waals surface area contributed by atoms with E-state index < -0.39 is 17.7 Å². The number of Topliss-reactive ketones (excluding diaryl/α,β-unsaturated/α-hetero) is 1. The largest absolute Gasteiger partial charge is 0.293 e. The molecule has 1 aromatic carbocycles. The van der Waals surface area contributed by atoms with E-state index in [-0.39, 0.29) is 12.2 Å².